The number of nitrogens with zero attached hydrogens (tertiary/aromatic N) is 3. The summed E-state index contributed by atoms with van der Waals surface area (Å²) in [6, 6.07) is 18.5. The van der Waals surface area contributed by atoms with Crippen LogP contribution >= 0.6 is 12.2 Å². The molecule has 4 rings (SSSR count). The van der Waals surface area contributed by atoms with Crippen LogP contribution < -0.4 is 10.1 Å². The Labute approximate surface area is 177 Å². The van der Waals surface area contributed by atoms with E-state index in [1.807, 2.05) is 30.5 Å². The van der Waals surface area contributed by atoms with Gasteiger partial charge in [-0.2, -0.15) is 0 Å². The maximum absolute atomic E-state index is 5.74. The summed E-state index contributed by atoms with van der Waals surface area (Å²) >= 11 is 5.74. The number of ether oxygens (including phenoxy) is 1. The lowest BCUT2D eigenvalue weighted by atomic mass is 10.0. The Morgan fingerprint density at radius 1 is 1.14 bits per heavy atom. The van der Waals surface area contributed by atoms with Crippen LogP contribution in [0, 0.1) is 0 Å². The van der Waals surface area contributed by atoms with E-state index in [4.69, 9.17) is 17.0 Å². The van der Waals surface area contributed by atoms with Gasteiger partial charge >= 0.3 is 0 Å². The standard InChI is InChI=1S/C23H26N4OS/c1-3-4-14-27-22(21(25-23(27)29)19-11-5-6-13-24-19)20-12-8-15-26(20)17-9-7-10-18(16-17)28-2/h5-13,15-16,21-22H,3-4,14H2,1-2H3,(H,25,29)/t21-,22-/m1/s1. The Hall–Kier alpha value is -2.86. The van der Waals surface area contributed by atoms with Gasteiger partial charge in [0.25, 0.3) is 0 Å². The molecule has 0 unspecified atom stereocenters. The Bertz CT molecular complexity index is 972. The minimum atomic E-state index is -0.000172. The van der Waals surface area contributed by atoms with E-state index in [9.17, 15) is 0 Å². The van der Waals surface area contributed by atoms with Crippen LogP contribution in [0.2, 0.25) is 0 Å². The highest BCUT2D eigenvalue weighted by molar-refractivity contribution is 7.80. The third-order valence-electron chi connectivity index (χ3n) is 5.37. The molecule has 6 heteroatoms. The number of nitrogens with one attached hydrogen (secondary N) is 1. The Balaban J connectivity index is 1.78. The molecule has 0 aliphatic carbocycles. The first-order chi connectivity index (χ1) is 14.2. The summed E-state index contributed by atoms with van der Waals surface area (Å²) in [7, 11) is 1.69. The van der Waals surface area contributed by atoms with E-state index in [1.165, 1.54) is 5.69 Å². The molecule has 0 amide bonds. The maximum atomic E-state index is 5.74. The molecule has 3 aromatic rings. The van der Waals surface area contributed by atoms with E-state index < -0.39 is 0 Å². The van der Waals surface area contributed by atoms with E-state index in [0.29, 0.717) is 0 Å². The van der Waals surface area contributed by atoms with Crippen LogP contribution in [0.5, 0.6) is 5.75 Å². The fourth-order valence-electron chi connectivity index (χ4n) is 3.93. The average Bonchev–Trinajstić information content (AvgIpc) is 3.37. The number of pyridine rings is 1. The minimum Gasteiger partial charge on any atom is -0.497 e. The second-order valence-electron chi connectivity index (χ2n) is 7.18. The number of benzene rings is 1. The molecule has 1 aliphatic rings. The first-order valence-corrected chi connectivity index (χ1v) is 10.4. The first kappa shape index (κ1) is 19.5. The van der Waals surface area contributed by atoms with Crippen molar-refractivity contribution in [3.63, 3.8) is 0 Å². The molecule has 2 atom stereocenters. The van der Waals surface area contributed by atoms with E-state index in [0.717, 1.165) is 41.6 Å². The summed E-state index contributed by atoms with van der Waals surface area (Å²) in [5.74, 6) is 0.839. The molecule has 0 saturated carbocycles. The molecule has 1 aromatic carbocycles. The van der Waals surface area contributed by atoms with E-state index in [1.54, 1.807) is 7.11 Å². The number of aromatic nitrogens is 2. The lowest BCUT2D eigenvalue weighted by Crippen LogP contribution is -2.31. The van der Waals surface area contributed by atoms with Crippen LogP contribution in [-0.2, 0) is 0 Å². The number of methoxy groups -OCH3 is 1. The monoisotopic (exact) mass is 406 g/mol. The summed E-state index contributed by atoms with van der Waals surface area (Å²) in [5, 5.41) is 4.31. The van der Waals surface area contributed by atoms with Crippen molar-refractivity contribution in [3.8, 4) is 11.4 Å². The van der Waals surface area contributed by atoms with Crippen molar-refractivity contribution in [2.24, 2.45) is 0 Å². The van der Waals surface area contributed by atoms with Gasteiger partial charge in [0.05, 0.1) is 24.9 Å². The van der Waals surface area contributed by atoms with Gasteiger partial charge in [-0.15, -0.1) is 0 Å². The third-order valence-corrected chi connectivity index (χ3v) is 5.72. The van der Waals surface area contributed by atoms with Crippen molar-refractivity contribution >= 4 is 17.3 Å². The normalized spacial score (nSPS) is 18.7. The largest absolute Gasteiger partial charge is 0.497 e. The van der Waals surface area contributed by atoms with Crippen molar-refractivity contribution in [2.45, 2.75) is 31.8 Å². The van der Waals surface area contributed by atoms with E-state index in [2.05, 4.69) is 63.2 Å². The third kappa shape index (κ3) is 3.85. The SMILES string of the molecule is CCCCN1C(=S)N[C@H](c2ccccn2)[C@H]1c1cccn1-c1cccc(OC)c1. The topological polar surface area (TPSA) is 42.3 Å². The second-order valence-corrected chi connectivity index (χ2v) is 7.56. The summed E-state index contributed by atoms with van der Waals surface area (Å²) in [6.07, 6.45) is 6.15. The molecule has 1 aliphatic heterocycles. The van der Waals surface area contributed by atoms with Gasteiger partial charge in [0.1, 0.15) is 5.75 Å². The molecule has 3 heterocycles. The van der Waals surface area contributed by atoms with Crippen LogP contribution in [0.25, 0.3) is 5.69 Å². The number of thiocarbonyl (C=S) groups is 1. The summed E-state index contributed by atoms with van der Waals surface area (Å²) in [6.45, 7) is 3.12. The molecule has 150 valence electrons. The van der Waals surface area contributed by atoms with Gasteiger partial charge in [-0.1, -0.05) is 25.5 Å². The molecule has 0 radical (unpaired) electrons. The zero-order valence-electron chi connectivity index (χ0n) is 16.8. The summed E-state index contributed by atoms with van der Waals surface area (Å²) < 4.78 is 7.65. The van der Waals surface area contributed by atoms with Gasteiger partial charge in [0, 0.05) is 36.4 Å². The number of unbranched alkanes of at least 4 members (excludes halogenated alkanes) is 1. The number of hydrogen-bond donors (Lipinski definition) is 1. The van der Waals surface area contributed by atoms with Gasteiger partial charge in [-0.25, -0.2) is 0 Å². The number of hydrogen-bond acceptors (Lipinski definition) is 3. The highest BCUT2D eigenvalue weighted by Gasteiger charge is 2.40. The highest BCUT2D eigenvalue weighted by Crippen LogP contribution is 2.39. The Morgan fingerprint density at radius 3 is 2.79 bits per heavy atom. The van der Waals surface area contributed by atoms with E-state index >= 15 is 0 Å². The molecule has 1 fully saturated rings. The quantitative estimate of drug-likeness (QED) is 0.579. The van der Waals surface area contributed by atoms with Gasteiger partial charge in [-0.05, 0) is 55.0 Å². The van der Waals surface area contributed by atoms with Gasteiger partial charge in [0.15, 0.2) is 5.11 Å². The molecular formula is C23H26N4OS. The van der Waals surface area contributed by atoms with Crippen LogP contribution in [-0.4, -0.2) is 33.2 Å². The van der Waals surface area contributed by atoms with Crippen LogP contribution in [0.4, 0.5) is 0 Å². The number of rotatable bonds is 7. The van der Waals surface area contributed by atoms with Crippen LogP contribution in [0.15, 0.2) is 67.0 Å². The fraction of sp³-hybridized carbons (Fsp3) is 0.304. The lowest BCUT2D eigenvalue weighted by molar-refractivity contribution is 0.304. The molecule has 5 nitrogen and oxygen atoms in total. The summed E-state index contributed by atoms with van der Waals surface area (Å²) in [5.41, 5.74) is 3.24. The minimum absolute atomic E-state index is 0.000172. The van der Waals surface area contributed by atoms with E-state index in [-0.39, 0.29) is 12.1 Å². The van der Waals surface area contributed by atoms with Gasteiger partial charge in [0.2, 0.25) is 0 Å². The zero-order valence-corrected chi connectivity index (χ0v) is 17.6. The molecule has 1 N–H and O–H groups in total. The Kier molecular flexibility index (Phi) is 5.81. The maximum Gasteiger partial charge on any atom is 0.170 e. The van der Waals surface area contributed by atoms with Crippen molar-refractivity contribution in [1.82, 2.24) is 19.8 Å². The molecule has 0 spiro atoms. The predicted molar refractivity (Wildman–Crippen MR) is 119 cm³/mol. The Morgan fingerprint density at radius 2 is 2.03 bits per heavy atom. The van der Waals surface area contributed by atoms with Crippen molar-refractivity contribution in [3.05, 3.63) is 78.4 Å². The van der Waals surface area contributed by atoms with Gasteiger partial charge < -0.3 is 19.5 Å². The predicted octanol–water partition coefficient (Wildman–Crippen LogP) is 4.65. The molecule has 2 aromatic heterocycles. The van der Waals surface area contributed by atoms with Crippen LogP contribution in [0.1, 0.15) is 43.2 Å². The smallest absolute Gasteiger partial charge is 0.170 e. The fourth-order valence-corrected chi connectivity index (χ4v) is 4.26. The molecule has 29 heavy (non-hydrogen) atoms. The zero-order chi connectivity index (χ0) is 20.2. The van der Waals surface area contributed by atoms with Gasteiger partial charge in [-0.3, -0.25) is 4.98 Å². The average molecular weight is 407 g/mol. The first-order valence-electron chi connectivity index (χ1n) is 10.0. The summed E-state index contributed by atoms with van der Waals surface area (Å²) in [4.78, 5) is 6.93. The van der Waals surface area contributed by atoms with Crippen molar-refractivity contribution < 1.29 is 4.74 Å². The molecule has 0 bridgehead atoms. The molecular weight excluding hydrogens is 380 g/mol. The van der Waals surface area contributed by atoms with Crippen LogP contribution in [0.3, 0.4) is 0 Å². The van der Waals surface area contributed by atoms with Crippen molar-refractivity contribution in [1.29, 1.82) is 0 Å². The second kappa shape index (κ2) is 8.66. The highest BCUT2D eigenvalue weighted by atomic mass is 32.1. The molecule has 1 saturated heterocycles. The van der Waals surface area contributed by atoms with Crippen molar-refractivity contribution in [2.75, 3.05) is 13.7 Å². The lowest BCUT2D eigenvalue weighted by Gasteiger charge is -2.29.